The number of nitrogens with zero attached hydrogens (tertiary/aromatic N) is 2. The maximum atomic E-state index is 5.92. The molecule has 0 saturated carbocycles. The molecule has 0 aromatic heterocycles. The average molecular weight is 530 g/mol. The van der Waals surface area contributed by atoms with Crippen LogP contribution in [-0.2, 0) is 4.74 Å². The Bertz CT molecular complexity index is 699. The molecule has 0 aliphatic carbocycles. The summed E-state index contributed by atoms with van der Waals surface area (Å²) in [7, 11) is 0. The summed E-state index contributed by atoms with van der Waals surface area (Å²) in [6.07, 6.45) is 2.81. The number of benzene rings is 1. The largest absolute Gasteiger partial charge is 0.490 e. The van der Waals surface area contributed by atoms with Gasteiger partial charge in [0.05, 0.1) is 32.5 Å². The number of ether oxygens (including phenoxy) is 3. The molecule has 2 aliphatic rings. The number of rotatable bonds is 7. The van der Waals surface area contributed by atoms with Crippen molar-refractivity contribution in [2.45, 2.75) is 26.4 Å². The number of guanidine groups is 1. The maximum Gasteiger partial charge on any atom is 0.196 e. The zero-order chi connectivity index (χ0) is 20.5. The quantitative estimate of drug-likeness (QED) is 0.244. The van der Waals surface area contributed by atoms with Crippen LogP contribution in [0, 0.1) is 5.92 Å². The number of aliphatic imine (C=N–C) groups is 1. The highest BCUT2D eigenvalue weighted by molar-refractivity contribution is 14.0. The van der Waals surface area contributed by atoms with Crippen molar-refractivity contribution in [3.63, 3.8) is 0 Å². The van der Waals surface area contributed by atoms with Crippen LogP contribution in [0.15, 0.2) is 35.8 Å². The van der Waals surface area contributed by atoms with Gasteiger partial charge in [-0.25, -0.2) is 0 Å². The average Bonchev–Trinajstić information content (AvgIpc) is 2.95. The first-order chi connectivity index (χ1) is 14.1. The Morgan fingerprint density at radius 1 is 1.27 bits per heavy atom. The first-order valence-corrected chi connectivity index (χ1v) is 10.5. The summed E-state index contributed by atoms with van der Waals surface area (Å²) in [6, 6.07) is 5.86. The molecule has 0 spiro atoms. The number of anilines is 1. The van der Waals surface area contributed by atoms with Crippen LogP contribution in [0.4, 0.5) is 5.69 Å². The SMILES string of the molecule is C=CCNC(=NCC1CN(CC(C)C)CCO1)Nc1ccc2c(c1)OCCCO2.I. The molecule has 1 unspecified atom stereocenters. The van der Waals surface area contributed by atoms with E-state index in [9.17, 15) is 0 Å². The maximum absolute atomic E-state index is 5.92. The van der Waals surface area contributed by atoms with Gasteiger partial charge < -0.3 is 24.8 Å². The molecule has 0 bridgehead atoms. The predicted molar refractivity (Wildman–Crippen MR) is 133 cm³/mol. The molecule has 8 heteroatoms. The van der Waals surface area contributed by atoms with Crippen LogP contribution in [0.1, 0.15) is 20.3 Å². The predicted octanol–water partition coefficient (Wildman–Crippen LogP) is 3.37. The number of halogens is 1. The first kappa shape index (κ1) is 24.7. The highest BCUT2D eigenvalue weighted by atomic mass is 127. The normalized spacial score (nSPS) is 19.6. The van der Waals surface area contributed by atoms with Gasteiger partial charge in [0.15, 0.2) is 17.5 Å². The van der Waals surface area contributed by atoms with Crippen molar-refractivity contribution < 1.29 is 14.2 Å². The minimum atomic E-state index is 0. The third kappa shape index (κ3) is 7.96. The molecule has 7 nitrogen and oxygen atoms in total. The molecule has 2 aliphatic heterocycles. The van der Waals surface area contributed by atoms with E-state index in [0.29, 0.717) is 38.2 Å². The summed E-state index contributed by atoms with van der Waals surface area (Å²) >= 11 is 0. The van der Waals surface area contributed by atoms with Gasteiger partial charge in [0, 0.05) is 44.4 Å². The number of morpholine rings is 1. The van der Waals surface area contributed by atoms with Gasteiger partial charge in [0.2, 0.25) is 0 Å². The topological polar surface area (TPSA) is 67.4 Å². The molecule has 0 amide bonds. The van der Waals surface area contributed by atoms with Crippen molar-refractivity contribution in [2.75, 3.05) is 57.9 Å². The van der Waals surface area contributed by atoms with Crippen LogP contribution >= 0.6 is 24.0 Å². The molecular formula is C22H35IN4O3. The van der Waals surface area contributed by atoms with Crippen molar-refractivity contribution in [1.82, 2.24) is 10.2 Å². The van der Waals surface area contributed by atoms with Crippen molar-refractivity contribution in [3.8, 4) is 11.5 Å². The first-order valence-electron chi connectivity index (χ1n) is 10.5. The summed E-state index contributed by atoms with van der Waals surface area (Å²) in [5.41, 5.74) is 0.899. The van der Waals surface area contributed by atoms with E-state index >= 15 is 0 Å². The number of hydrogen-bond donors (Lipinski definition) is 2. The molecule has 1 aromatic carbocycles. The smallest absolute Gasteiger partial charge is 0.196 e. The Kier molecular flexibility index (Phi) is 10.7. The summed E-state index contributed by atoms with van der Waals surface area (Å²) in [5.74, 6) is 2.90. The third-order valence-electron chi connectivity index (χ3n) is 4.72. The lowest BCUT2D eigenvalue weighted by Gasteiger charge is -2.33. The molecule has 3 rings (SSSR count). The second kappa shape index (κ2) is 13.0. The molecule has 1 fully saturated rings. The van der Waals surface area contributed by atoms with E-state index in [1.165, 1.54) is 0 Å². The molecule has 1 atom stereocenters. The summed E-state index contributed by atoms with van der Waals surface area (Å²) < 4.78 is 17.4. The second-order valence-corrected chi connectivity index (χ2v) is 7.84. The van der Waals surface area contributed by atoms with E-state index in [0.717, 1.165) is 49.8 Å². The standard InChI is InChI=1S/C22H34N4O3.HI/c1-4-8-23-22(24-14-19-16-26(9-12-27-19)15-17(2)3)25-18-6-7-20-21(13-18)29-11-5-10-28-20;/h4,6-7,13,17,19H,1,5,8-12,14-16H2,2-3H3,(H2,23,24,25);1H. The Balaban J connectivity index is 0.00000320. The van der Waals surface area contributed by atoms with Crippen molar-refractivity contribution in [2.24, 2.45) is 10.9 Å². The van der Waals surface area contributed by atoms with Gasteiger partial charge in [-0.15, -0.1) is 30.6 Å². The van der Waals surface area contributed by atoms with Crippen molar-refractivity contribution in [1.29, 1.82) is 0 Å². The Morgan fingerprint density at radius 2 is 2.07 bits per heavy atom. The lowest BCUT2D eigenvalue weighted by molar-refractivity contribution is -0.0261. The van der Waals surface area contributed by atoms with Crippen molar-refractivity contribution >= 4 is 35.6 Å². The van der Waals surface area contributed by atoms with Gasteiger partial charge in [-0.05, 0) is 18.1 Å². The monoisotopic (exact) mass is 530 g/mol. The van der Waals surface area contributed by atoms with Gasteiger partial charge in [0.25, 0.3) is 0 Å². The molecule has 2 N–H and O–H groups in total. The molecular weight excluding hydrogens is 495 g/mol. The van der Waals surface area contributed by atoms with E-state index in [-0.39, 0.29) is 30.1 Å². The van der Waals surface area contributed by atoms with Crippen LogP contribution in [0.2, 0.25) is 0 Å². The highest BCUT2D eigenvalue weighted by Gasteiger charge is 2.21. The van der Waals surface area contributed by atoms with E-state index in [4.69, 9.17) is 19.2 Å². The van der Waals surface area contributed by atoms with Crippen LogP contribution in [0.5, 0.6) is 11.5 Å². The van der Waals surface area contributed by atoms with Crippen LogP contribution < -0.4 is 20.1 Å². The summed E-state index contributed by atoms with van der Waals surface area (Å²) in [4.78, 5) is 7.21. The number of fused-ring (bicyclic) bond motifs is 1. The minimum absolute atomic E-state index is 0. The third-order valence-corrected chi connectivity index (χ3v) is 4.72. The van der Waals surface area contributed by atoms with E-state index in [1.54, 1.807) is 0 Å². The van der Waals surface area contributed by atoms with E-state index in [2.05, 4.69) is 36.0 Å². The fourth-order valence-electron chi connectivity index (χ4n) is 3.45. The zero-order valence-corrected chi connectivity index (χ0v) is 20.4. The summed E-state index contributed by atoms with van der Waals surface area (Å²) in [5, 5.41) is 6.63. The van der Waals surface area contributed by atoms with E-state index < -0.39 is 0 Å². The summed E-state index contributed by atoms with van der Waals surface area (Å²) in [6.45, 7) is 14.6. The Morgan fingerprint density at radius 3 is 2.83 bits per heavy atom. The molecule has 168 valence electrons. The fourth-order valence-corrected chi connectivity index (χ4v) is 3.45. The van der Waals surface area contributed by atoms with Gasteiger partial charge in [-0.3, -0.25) is 9.89 Å². The van der Waals surface area contributed by atoms with Crippen LogP contribution in [0.25, 0.3) is 0 Å². The molecule has 2 heterocycles. The fraction of sp³-hybridized carbons (Fsp3) is 0.591. The molecule has 0 radical (unpaired) electrons. The lowest BCUT2D eigenvalue weighted by atomic mass is 10.2. The Labute approximate surface area is 197 Å². The van der Waals surface area contributed by atoms with Crippen LogP contribution in [-0.4, -0.2) is 69.5 Å². The highest BCUT2D eigenvalue weighted by Crippen LogP contribution is 2.32. The molecule has 1 aromatic rings. The second-order valence-electron chi connectivity index (χ2n) is 7.84. The van der Waals surface area contributed by atoms with Gasteiger partial charge in [0.1, 0.15) is 0 Å². The molecule has 30 heavy (non-hydrogen) atoms. The van der Waals surface area contributed by atoms with Crippen molar-refractivity contribution in [3.05, 3.63) is 30.9 Å². The van der Waals surface area contributed by atoms with Gasteiger partial charge in [-0.1, -0.05) is 19.9 Å². The van der Waals surface area contributed by atoms with Crippen LogP contribution in [0.3, 0.4) is 0 Å². The number of nitrogens with one attached hydrogen (secondary N) is 2. The van der Waals surface area contributed by atoms with Gasteiger partial charge >= 0.3 is 0 Å². The van der Waals surface area contributed by atoms with Gasteiger partial charge in [-0.2, -0.15) is 0 Å². The lowest BCUT2D eigenvalue weighted by Crippen LogP contribution is -2.45. The zero-order valence-electron chi connectivity index (χ0n) is 18.1. The minimum Gasteiger partial charge on any atom is -0.490 e. The molecule has 1 saturated heterocycles. The Hall–Kier alpha value is -1.52. The number of hydrogen-bond acceptors (Lipinski definition) is 5. The van der Waals surface area contributed by atoms with E-state index in [1.807, 2.05) is 24.3 Å².